The summed E-state index contributed by atoms with van der Waals surface area (Å²) in [6.45, 7) is 7.34. The maximum absolute atomic E-state index is 4.36. The number of anilines is 1. The fraction of sp³-hybridized carbons (Fsp3) is 0.692. The van der Waals surface area contributed by atoms with Gasteiger partial charge < -0.3 is 10.2 Å². The summed E-state index contributed by atoms with van der Waals surface area (Å²) in [7, 11) is 0. The highest BCUT2D eigenvalue weighted by Crippen LogP contribution is 2.21. The number of aromatic nitrogens is 2. The van der Waals surface area contributed by atoms with Gasteiger partial charge in [-0.3, -0.25) is 0 Å². The van der Waals surface area contributed by atoms with Gasteiger partial charge in [0.25, 0.3) is 0 Å². The van der Waals surface area contributed by atoms with Gasteiger partial charge in [0, 0.05) is 30.6 Å². The van der Waals surface area contributed by atoms with Crippen LogP contribution in [0.4, 0.5) is 5.82 Å². The van der Waals surface area contributed by atoms with E-state index >= 15 is 0 Å². The molecule has 0 aromatic carbocycles. The van der Waals surface area contributed by atoms with Crippen LogP contribution in [0.5, 0.6) is 0 Å². The summed E-state index contributed by atoms with van der Waals surface area (Å²) in [4.78, 5) is 2.35. The number of nitrogens with one attached hydrogen (secondary N) is 1. The Kier molecular flexibility index (Phi) is 5.26. The molecule has 1 fully saturated rings. The molecule has 100 valence electrons. The number of hydrogen-bond donors (Lipinski definition) is 1. The van der Waals surface area contributed by atoms with Gasteiger partial charge in [0.2, 0.25) is 0 Å². The molecule has 1 atom stereocenters. The highest BCUT2D eigenvalue weighted by Gasteiger charge is 2.19. The van der Waals surface area contributed by atoms with Crippen molar-refractivity contribution in [3.63, 3.8) is 0 Å². The number of thioether (sulfide) groups is 1. The molecule has 0 radical (unpaired) electrons. The van der Waals surface area contributed by atoms with Crippen LogP contribution in [-0.2, 0) is 6.54 Å². The summed E-state index contributed by atoms with van der Waals surface area (Å²) in [5, 5.41) is 12.0. The lowest BCUT2D eigenvalue weighted by Gasteiger charge is -2.33. The summed E-state index contributed by atoms with van der Waals surface area (Å²) < 4.78 is 0. The van der Waals surface area contributed by atoms with Crippen LogP contribution in [-0.4, -0.2) is 40.8 Å². The molecule has 1 aromatic heterocycles. The number of nitrogens with zero attached hydrogens (tertiary/aromatic N) is 3. The van der Waals surface area contributed by atoms with E-state index in [4.69, 9.17) is 0 Å². The lowest BCUT2D eigenvalue weighted by atomic mass is 10.3. The molecular weight excluding hydrogens is 244 g/mol. The maximum Gasteiger partial charge on any atom is 0.151 e. The molecule has 0 saturated carbocycles. The minimum absolute atomic E-state index is 0.558. The summed E-state index contributed by atoms with van der Waals surface area (Å²) in [5.41, 5.74) is 1.02. The van der Waals surface area contributed by atoms with Crippen molar-refractivity contribution >= 4 is 17.6 Å². The highest BCUT2D eigenvalue weighted by molar-refractivity contribution is 7.99. The van der Waals surface area contributed by atoms with E-state index < -0.39 is 0 Å². The number of hydrogen-bond acceptors (Lipinski definition) is 5. The van der Waals surface area contributed by atoms with Crippen LogP contribution in [0.2, 0.25) is 0 Å². The minimum atomic E-state index is 0.558. The first-order valence-electron chi connectivity index (χ1n) is 6.69. The zero-order valence-electron chi connectivity index (χ0n) is 11.2. The van der Waals surface area contributed by atoms with Gasteiger partial charge >= 0.3 is 0 Å². The van der Waals surface area contributed by atoms with Crippen molar-refractivity contribution in [3.8, 4) is 0 Å². The quantitative estimate of drug-likeness (QED) is 0.825. The molecule has 1 aliphatic rings. The van der Waals surface area contributed by atoms with Crippen molar-refractivity contribution in [2.45, 2.75) is 32.9 Å². The Morgan fingerprint density at radius 2 is 2.33 bits per heavy atom. The van der Waals surface area contributed by atoms with Gasteiger partial charge in [-0.2, -0.15) is 16.9 Å². The lowest BCUT2D eigenvalue weighted by molar-refractivity contribution is 0.648. The molecule has 1 saturated heterocycles. The molecule has 0 amide bonds. The second-order valence-electron chi connectivity index (χ2n) is 4.68. The average Bonchev–Trinajstić information content (AvgIpc) is 2.41. The van der Waals surface area contributed by atoms with Crippen LogP contribution in [0, 0.1) is 0 Å². The van der Waals surface area contributed by atoms with Gasteiger partial charge in [-0.05, 0) is 32.0 Å². The highest BCUT2D eigenvalue weighted by atomic mass is 32.2. The van der Waals surface area contributed by atoms with Crippen molar-refractivity contribution in [1.82, 2.24) is 15.5 Å². The summed E-state index contributed by atoms with van der Waals surface area (Å²) >= 11 is 2.02. The molecule has 4 nitrogen and oxygen atoms in total. The van der Waals surface area contributed by atoms with Gasteiger partial charge in [0.05, 0.1) is 5.69 Å². The van der Waals surface area contributed by atoms with E-state index in [1.165, 1.54) is 11.5 Å². The largest absolute Gasteiger partial charge is 0.351 e. The summed E-state index contributed by atoms with van der Waals surface area (Å²) in [6, 6.07) is 4.74. The van der Waals surface area contributed by atoms with Crippen molar-refractivity contribution < 1.29 is 0 Å². The molecule has 0 bridgehead atoms. The molecule has 1 aliphatic heterocycles. The Morgan fingerprint density at radius 1 is 1.44 bits per heavy atom. The van der Waals surface area contributed by atoms with E-state index in [2.05, 4.69) is 46.4 Å². The molecule has 2 heterocycles. The third-order valence-electron chi connectivity index (χ3n) is 3.10. The molecule has 1 N–H and O–H groups in total. The molecule has 0 aliphatic carbocycles. The second kappa shape index (κ2) is 6.95. The Hall–Kier alpha value is -0.810. The van der Waals surface area contributed by atoms with Crippen molar-refractivity contribution in [1.29, 1.82) is 0 Å². The van der Waals surface area contributed by atoms with Crippen molar-refractivity contribution in [3.05, 3.63) is 17.8 Å². The minimum Gasteiger partial charge on any atom is -0.351 e. The first-order chi connectivity index (χ1) is 8.81. The maximum atomic E-state index is 4.36. The van der Waals surface area contributed by atoms with Gasteiger partial charge in [-0.25, -0.2) is 0 Å². The van der Waals surface area contributed by atoms with Crippen LogP contribution >= 0.6 is 11.8 Å². The number of rotatable bonds is 5. The SMILES string of the molecule is CCCNCc1ccc(N2CCSCC2C)nn1. The van der Waals surface area contributed by atoms with Crippen molar-refractivity contribution in [2.24, 2.45) is 0 Å². The van der Waals surface area contributed by atoms with E-state index in [-0.39, 0.29) is 0 Å². The topological polar surface area (TPSA) is 41.0 Å². The molecular formula is C13H22N4S. The predicted octanol–water partition coefficient (Wildman–Crippen LogP) is 1.92. The van der Waals surface area contributed by atoms with Crippen molar-refractivity contribution in [2.75, 3.05) is 29.5 Å². The fourth-order valence-corrected chi connectivity index (χ4v) is 3.07. The fourth-order valence-electron chi connectivity index (χ4n) is 2.06. The Balaban J connectivity index is 1.94. The van der Waals surface area contributed by atoms with Crippen LogP contribution < -0.4 is 10.2 Å². The molecule has 2 rings (SSSR count). The Morgan fingerprint density at radius 3 is 3.00 bits per heavy atom. The first-order valence-corrected chi connectivity index (χ1v) is 7.84. The third kappa shape index (κ3) is 3.59. The van der Waals surface area contributed by atoms with Crippen LogP contribution in [0.1, 0.15) is 26.0 Å². The Bertz CT molecular complexity index is 355. The molecule has 5 heteroatoms. The van der Waals surface area contributed by atoms with Gasteiger partial charge in [0.15, 0.2) is 5.82 Å². The predicted molar refractivity (Wildman–Crippen MR) is 78.2 cm³/mol. The van der Waals surface area contributed by atoms with Gasteiger partial charge in [-0.15, -0.1) is 5.10 Å². The van der Waals surface area contributed by atoms with Crippen LogP contribution in [0.3, 0.4) is 0 Å². The third-order valence-corrected chi connectivity index (χ3v) is 4.29. The standard InChI is InChI=1S/C13H22N4S/c1-3-6-14-9-12-4-5-13(16-15-12)17-7-8-18-10-11(17)2/h4-5,11,14H,3,6-10H2,1-2H3. The molecule has 18 heavy (non-hydrogen) atoms. The van der Waals surface area contributed by atoms with E-state index in [9.17, 15) is 0 Å². The lowest BCUT2D eigenvalue weighted by Crippen LogP contribution is -2.41. The first kappa shape index (κ1) is 13.6. The zero-order valence-corrected chi connectivity index (χ0v) is 12.0. The molecule has 1 aromatic rings. The Labute approximate surface area is 114 Å². The monoisotopic (exact) mass is 266 g/mol. The van der Waals surface area contributed by atoms with E-state index in [0.29, 0.717) is 6.04 Å². The second-order valence-corrected chi connectivity index (χ2v) is 5.83. The van der Waals surface area contributed by atoms with Crippen LogP contribution in [0.15, 0.2) is 12.1 Å². The summed E-state index contributed by atoms with van der Waals surface area (Å²) in [6.07, 6.45) is 1.15. The van der Waals surface area contributed by atoms with E-state index in [1.54, 1.807) is 0 Å². The summed E-state index contributed by atoms with van der Waals surface area (Å²) in [5.74, 6) is 3.38. The molecule has 0 spiro atoms. The van der Waals surface area contributed by atoms with Crippen LogP contribution in [0.25, 0.3) is 0 Å². The normalized spacial score (nSPS) is 20.1. The van der Waals surface area contributed by atoms with Gasteiger partial charge in [0.1, 0.15) is 0 Å². The molecule has 1 unspecified atom stereocenters. The zero-order chi connectivity index (χ0) is 12.8. The van der Waals surface area contributed by atoms with E-state index in [0.717, 1.165) is 37.6 Å². The smallest absolute Gasteiger partial charge is 0.151 e. The average molecular weight is 266 g/mol. The van der Waals surface area contributed by atoms with Gasteiger partial charge in [-0.1, -0.05) is 6.92 Å². The van der Waals surface area contributed by atoms with E-state index in [1.807, 2.05) is 11.8 Å².